The number of hydrogen-bond donors (Lipinski definition) is 3. The van der Waals surface area contributed by atoms with Gasteiger partial charge in [-0.25, -0.2) is 0 Å². The van der Waals surface area contributed by atoms with Crippen molar-refractivity contribution in [1.29, 1.82) is 10.8 Å². The summed E-state index contributed by atoms with van der Waals surface area (Å²) in [7, 11) is 0. The van der Waals surface area contributed by atoms with Crippen LogP contribution in [-0.4, -0.2) is 16.4 Å². The minimum Gasteiger partial charge on any atom is -0.399 e. The molecule has 1 aliphatic rings. The van der Waals surface area contributed by atoms with Crippen molar-refractivity contribution in [2.24, 2.45) is 0 Å². The molecule has 9 rings (SSSR count). The van der Waals surface area contributed by atoms with Gasteiger partial charge in [-0.2, -0.15) is 0 Å². The molecule has 0 aliphatic heterocycles. The van der Waals surface area contributed by atoms with Gasteiger partial charge in [0.1, 0.15) is 0 Å². The van der Waals surface area contributed by atoms with E-state index < -0.39 is 0 Å². The lowest BCUT2D eigenvalue weighted by Crippen LogP contribution is -2.15. The predicted molar refractivity (Wildman–Crippen MR) is 224 cm³/mol. The van der Waals surface area contributed by atoms with Crippen LogP contribution in [0.4, 0.5) is 5.69 Å². The Bertz CT molecular complexity index is 2690. The molecule has 0 spiro atoms. The molecule has 4 nitrogen and oxygen atoms in total. The van der Waals surface area contributed by atoms with Crippen LogP contribution in [0, 0.1) is 10.8 Å². The summed E-state index contributed by atoms with van der Waals surface area (Å²) < 4.78 is 0. The fourth-order valence-electron chi connectivity index (χ4n) is 6.76. The van der Waals surface area contributed by atoms with Crippen molar-refractivity contribution >= 4 is 49.8 Å². The number of hydrogen-bond acceptors (Lipinski definition) is 4. The van der Waals surface area contributed by atoms with Gasteiger partial charge in [-0.05, 0) is 132 Å². The Morgan fingerprint density at radius 1 is 0.377 bits per heavy atom. The normalized spacial score (nSPS) is 12.5. The van der Waals surface area contributed by atoms with E-state index in [2.05, 4.69) is 132 Å². The molecule has 8 aromatic rings. The fraction of sp³-hybridized carbons (Fsp3) is 0. The Morgan fingerprint density at radius 2 is 0.830 bits per heavy atom. The highest BCUT2D eigenvalue weighted by Gasteiger charge is 2.19. The molecule has 0 atom stereocenters. The molecular weight excluding hydrogens is 645 g/mol. The van der Waals surface area contributed by atoms with Crippen molar-refractivity contribution in [3.05, 3.63) is 206 Å². The second kappa shape index (κ2) is 14.6. The molecule has 1 aliphatic carbocycles. The third kappa shape index (κ3) is 7.21. The molecule has 53 heavy (non-hydrogen) atoms. The largest absolute Gasteiger partial charge is 0.399 e. The molecule has 0 radical (unpaired) electrons. The summed E-state index contributed by atoms with van der Waals surface area (Å²) in [6, 6.07) is 58.4. The first-order chi connectivity index (χ1) is 26.0. The van der Waals surface area contributed by atoms with Gasteiger partial charge in [-0.1, -0.05) is 121 Å². The van der Waals surface area contributed by atoms with Gasteiger partial charge in [0.05, 0.1) is 11.4 Å². The zero-order valence-electron chi connectivity index (χ0n) is 29.0. The van der Waals surface area contributed by atoms with Gasteiger partial charge in [0, 0.05) is 23.7 Å². The second-order valence-electron chi connectivity index (χ2n) is 13.1. The average molecular weight is 681 g/mol. The minimum atomic E-state index is 0.228. The van der Waals surface area contributed by atoms with E-state index in [9.17, 15) is 0 Å². The Kier molecular flexibility index (Phi) is 9.08. The van der Waals surface area contributed by atoms with Crippen LogP contribution in [0.15, 0.2) is 194 Å². The van der Waals surface area contributed by atoms with Crippen LogP contribution in [0.25, 0.3) is 66.1 Å². The number of pyridine rings is 1. The highest BCUT2D eigenvalue weighted by molar-refractivity contribution is 6.61. The highest BCUT2D eigenvalue weighted by Crippen LogP contribution is 2.33. The molecule has 0 bridgehead atoms. The molecule has 1 aromatic heterocycles. The third-order valence-corrected chi connectivity index (χ3v) is 9.58. The number of benzene rings is 7. The van der Waals surface area contributed by atoms with Crippen molar-refractivity contribution in [3.8, 4) is 33.4 Å². The topological polar surface area (TPSA) is 86.6 Å². The van der Waals surface area contributed by atoms with Gasteiger partial charge in [0.2, 0.25) is 0 Å². The van der Waals surface area contributed by atoms with Crippen LogP contribution >= 0.6 is 0 Å². The lowest BCUT2D eigenvalue weighted by molar-refractivity contribution is 1.33. The standard InChI is InChI=1S/C38H26N2.C11H10N2/c39-37-24-35(33-16-15-29-19-27(11-13-30(29)21-33)25-7-3-1-4-8-25)23-36(38(37)40)34-18-17-31-20-28(12-14-32(31)22-34)26-9-5-2-6-10-26;12-11-3-1-2-10(8-11)9-4-6-13-7-5-9/h1-24,39-40H;1-8H,12H2. The van der Waals surface area contributed by atoms with Crippen LogP contribution in [0.2, 0.25) is 0 Å². The molecule has 0 unspecified atom stereocenters. The Hall–Kier alpha value is -7.17. The van der Waals surface area contributed by atoms with Crippen LogP contribution in [-0.2, 0) is 0 Å². The van der Waals surface area contributed by atoms with Crippen LogP contribution in [0.3, 0.4) is 0 Å². The average Bonchev–Trinajstić information content (AvgIpc) is 3.22. The van der Waals surface area contributed by atoms with Crippen LogP contribution < -0.4 is 5.73 Å². The summed E-state index contributed by atoms with van der Waals surface area (Å²) >= 11 is 0. The van der Waals surface area contributed by atoms with E-state index in [0.29, 0.717) is 0 Å². The van der Waals surface area contributed by atoms with Crippen molar-refractivity contribution in [1.82, 2.24) is 4.98 Å². The maximum atomic E-state index is 8.70. The number of nitrogen functional groups attached to an aromatic ring is 1. The highest BCUT2D eigenvalue weighted by atomic mass is 14.6. The van der Waals surface area contributed by atoms with Gasteiger partial charge >= 0.3 is 0 Å². The van der Waals surface area contributed by atoms with Crippen molar-refractivity contribution in [3.63, 3.8) is 0 Å². The smallest absolute Gasteiger partial charge is 0.0867 e. The second-order valence-corrected chi connectivity index (χ2v) is 13.1. The molecule has 1 heterocycles. The van der Waals surface area contributed by atoms with E-state index >= 15 is 0 Å². The first-order valence-corrected chi connectivity index (χ1v) is 17.5. The fourth-order valence-corrected chi connectivity index (χ4v) is 6.76. The van der Waals surface area contributed by atoms with Gasteiger partial charge < -0.3 is 5.73 Å². The van der Waals surface area contributed by atoms with E-state index in [1.165, 1.54) is 27.6 Å². The maximum Gasteiger partial charge on any atom is 0.0867 e. The Labute approximate surface area is 309 Å². The number of fused-ring (bicyclic) bond motifs is 2. The first-order valence-electron chi connectivity index (χ1n) is 17.5. The number of nitrogens with zero attached hydrogens (tertiary/aromatic N) is 1. The molecule has 4 heteroatoms. The zero-order chi connectivity index (χ0) is 36.1. The molecule has 252 valence electrons. The molecule has 0 fully saturated rings. The zero-order valence-corrected chi connectivity index (χ0v) is 29.0. The van der Waals surface area contributed by atoms with E-state index in [4.69, 9.17) is 16.6 Å². The summed E-state index contributed by atoms with van der Waals surface area (Å²) in [5.41, 5.74) is 17.7. The molecule has 0 amide bonds. The lowest BCUT2D eigenvalue weighted by atomic mass is 9.87. The Morgan fingerprint density at radius 3 is 1.40 bits per heavy atom. The van der Waals surface area contributed by atoms with Crippen molar-refractivity contribution < 1.29 is 0 Å². The predicted octanol–water partition coefficient (Wildman–Crippen LogP) is 12.2. The monoisotopic (exact) mass is 680 g/mol. The van der Waals surface area contributed by atoms with Gasteiger partial charge in [-0.15, -0.1) is 0 Å². The minimum absolute atomic E-state index is 0.228. The number of anilines is 1. The number of allylic oxidation sites excluding steroid dienone is 4. The lowest BCUT2D eigenvalue weighted by Gasteiger charge is -2.18. The first kappa shape index (κ1) is 33.0. The Balaban J connectivity index is 0.000000259. The summed E-state index contributed by atoms with van der Waals surface area (Å²) in [5.74, 6) is 0. The van der Waals surface area contributed by atoms with E-state index in [-0.39, 0.29) is 11.4 Å². The SMILES string of the molecule is N=C1C=C(c2ccc3cc(-c4ccccc4)ccc3c2)C=C(c2ccc3cc(-c4ccccc4)ccc3c2)C1=N.Nc1cccc(-c2ccncc2)c1. The van der Waals surface area contributed by atoms with Crippen molar-refractivity contribution in [2.75, 3.05) is 5.73 Å². The van der Waals surface area contributed by atoms with Crippen LogP contribution in [0.5, 0.6) is 0 Å². The maximum absolute atomic E-state index is 8.70. The summed E-state index contributed by atoms with van der Waals surface area (Å²) in [6.45, 7) is 0. The van der Waals surface area contributed by atoms with Gasteiger partial charge in [0.25, 0.3) is 0 Å². The number of aromatic nitrogens is 1. The number of nitrogens with two attached hydrogens (primary N) is 1. The van der Waals surface area contributed by atoms with E-state index in [0.717, 1.165) is 55.2 Å². The van der Waals surface area contributed by atoms with Crippen LogP contribution in [0.1, 0.15) is 11.1 Å². The van der Waals surface area contributed by atoms with Gasteiger partial charge in [-0.3, -0.25) is 15.8 Å². The van der Waals surface area contributed by atoms with E-state index in [1.54, 1.807) is 18.5 Å². The van der Waals surface area contributed by atoms with Gasteiger partial charge in [0.15, 0.2) is 0 Å². The quantitative estimate of drug-likeness (QED) is 0.125. The summed E-state index contributed by atoms with van der Waals surface area (Å²) in [5, 5.41) is 21.9. The summed E-state index contributed by atoms with van der Waals surface area (Å²) in [4.78, 5) is 3.96. The van der Waals surface area contributed by atoms with Crippen molar-refractivity contribution in [2.45, 2.75) is 0 Å². The molecule has 7 aromatic carbocycles. The summed E-state index contributed by atoms with van der Waals surface area (Å²) in [6.07, 6.45) is 7.41. The molecular formula is C49H36N4. The van der Waals surface area contributed by atoms with E-state index in [1.807, 2.05) is 48.5 Å². The molecule has 0 saturated carbocycles. The third-order valence-electron chi connectivity index (χ3n) is 9.58. The molecule has 0 saturated heterocycles. The number of nitrogens with one attached hydrogen (secondary N) is 2. The molecule has 4 N–H and O–H groups in total. The number of rotatable bonds is 5.